The van der Waals surface area contributed by atoms with Crippen molar-refractivity contribution >= 4 is 40.0 Å². The summed E-state index contributed by atoms with van der Waals surface area (Å²) in [7, 11) is 0. The van der Waals surface area contributed by atoms with Gasteiger partial charge in [0.2, 0.25) is 5.91 Å². The number of anilines is 2. The smallest absolute Gasteiger partial charge is 0.239 e. The first kappa shape index (κ1) is 25.5. The molecule has 6 nitrogen and oxygen atoms in total. The molecule has 0 spiro atoms. The molecule has 1 fully saturated rings. The van der Waals surface area contributed by atoms with Gasteiger partial charge in [-0.15, -0.1) is 11.6 Å². The first-order valence-electron chi connectivity index (χ1n) is 12.1. The maximum Gasteiger partial charge on any atom is 0.239 e. The van der Waals surface area contributed by atoms with Crippen molar-refractivity contribution in [1.82, 2.24) is 0 Å². The summed E-state index contributed by atoms with van der Waals surface area (Å²) in [6.45, 7) is 6.53. The second-order valence-electron chi connectivity index (χ2n) is 8.04. The monoisotopic (exact) mass is 504 g/mol. The SMILES string of the molecule is CC.O=C(CCl)Nc1ccc(-c2cccc3c(=O)cc(N4CCOCC4)oc23)cc1-c1ccccc1. The van der Waals surface area contributed by atoms with Crippen molar-refractivity contribution in [2.75, 3.05) is 42.4 Å². The normalized spacial score (nSPS) is 13.1. The lowest BCUT2D eigenvalue weighted by Gasteiger charge is -2.27. The Morgan fingerprint density at radius 3 is 2.39 bits per heavy atom. The number of para-hydroxylation sites is 1. The van der Waals surface area contributed by atoms with Crippen LogP contribution >= 0.6 is 11.6 Å². The number of fused-ring (bicyclic) bond motifs is 1. The third kappa shape index (κ3) is 5.45. The van der Waals surface area contributed by atoms with Gasteiger partial charge in [-0.1, -0.05) is 62.4 Å². The van der Waals surface area contributed by atoms with E-state index in [1.54, 1.807) is 12.1 Å². The quantitative estimate of drug-likeness (QED) is 0.329. The van der Waals surface area contributed by atoms with Gasteiger partial charge in [0.15, 0.2) is 11.3 Å². The minimum absolute atomic E-state index is 0.0844. The molecule has 1 aromatic heterocycles. The number of morpholine rings is 1. The Balaban J connectivity index is 0.00000148. The summed E-state index contributed by atoms with van der Waals surface area (Å²) in [6.07, 6.45) is 0. The zero-order valence-corrected chi connectivity index (χ0v) is 21.2. The van der Waals surface area contributed by atoms with Crippen molar-refractivity contribution in [1.29, 1.82) is 0 Å². The Morgan fingerprint density at radius 2 is 1.67 bits per heavy atom. The Kier molecular flexibility index (Phi) is 8.41. The summed E-state index contributed by atoms with van der Waals surface area (Å²) >= 11 is 5.72. The molecule has 0 aliphatic carbocycles. The predicted octanol–water partition coefficient (Wildman–Crippen LogP) is 6.17. The number of amides is 1. The van der Waals surface area contributed by atoms with Crippen LogP contribution in [0, 0.1) is 0 Å². The zero-order valence-electron chi connectivity index (χ0n) is 20.4. The van der Waals surface area contributed by atoms with E-state index in [4.69, 9.17) is 20.8 Å². The topological polar surface area (TPSA) is 71.8 Å². The van der Waals surface area contributed by atoms with E-state index in [9.17, 15) is 9.59 Å². The standard InChI is InChI=1S/C27H23ClN2O4.C2H6/c28-17-25(32)29-23-10-9-19(15-22(23)18-5-2-1-3-6-18)20-7-4-8-21-24(31)16-26(34-27(20)21)30-11-13-33-14-12-30;1-2/h1-10,15-16H,11-14,17H2,(H,29,32);1-2H3. The van der Waals surface area contributed by atoms with Crippen LogP contribution in [0.1, 0.15) is 13.8 Å². The third-order valence-corrected chi connectivity index (χ3v) is 6.12. The van der Waals surface area contributed by atoms with E-state index in [1.807, 2.05) is 79.4 Å². The van der Waals surface area contributed by atoms with Gasteiger partial charge in [0, 0.05) is 36.0 Å². The Hall–Kier alpha value is -3.61. The van der Waals surface area contributed by atoms with Crippen molar-refractivity contribution in [3.8, 4) is 22.3 Å². The lowest BCUT2D eigenvalue weighted by Crippen LogP contribution is -2.36. The molecular weight excluding hydrogens is 476 g/mol. The summed E-state index contributed by atoms with van der Waals surface area (Å²) in [5, 5.41) is 3.40. The fourth-order valence-corrected chi connectivity index (χ4v) is 4.26. The van der Waals surface area contributed by atoms with E-state index in [0.717, 1.165) is 22.3 Å². The second kappa shape index (κ2) is 11.9. The molecule has 0 atom stereocenters. The highest BCUT2D eigenvalue weighted by Crippen LogP contribution is 2.36. The first-order chi connectivity index (χ1) is 17.6. The summed E-state index contributed by atoms with van der Waals surface area (Å²) in [5.74, 6) is 0.134. The summed E-state index contributed by atoms with van der Waals surface area (Å²) in [4.78, 5) is 27.0. The number of nitrogens with zero attached hydrogens (tertiary/aromatic N) is 1. The fraction of sp³-hybridized carbons (Fsp3) is 0.241. The maximum absolute atomic E-state index is 12.9. The minimum atomic E-state index is -0.280. The van der Waals surface area contributed by atoms with Crippen molar-refractivity contribution in [2.45, 2.75) is 13.8 Å². The number of hydrogen-bond acceptors (Lipinski definition) is 5. The summed E-state index contributed by atoms with van der Waals surface area (Å²) in [5.41, 5.74) is 4.58. The molecule has 0 saturated carbocycles. The van der Waals surface area contributed by atoms with Gasteiger partial charge in [0.05, 0.1) is 18.6 Å². The fourth-order valence-electron chi connectivity index (χ4n) is 4.19. The van der Waals surface area contributed by atoms with Gasteiger partial charge in [-0.05, 0) is 29.3 Å². The minimum Gasteiger partial charge on any atom is -0.440 e. The number of carbonyl (C=O) groups excluding carboxylic acids is 1. The summed E-state index contributed by atoms with van der Waals surface area (Å²) in [6, 6.07) is 22.7. The van der Waals surface area contributed by atoms with Gasteiger partial charge in [0.25, 0.3) is 0 Å². The van der Waals surface area contributed by atoms with Crippen LogP contribution in [0.2, 0.25) is 0 Å². The predicted molar refractivity (Wildman–Crippen MR) is 147 cm³/mol. The molecule has 4 aromatic rings. The van der Waals surface area contributed by atoms with Crippen LogP contribution in [-0.4, -0.2) is 38.1 Å². The highest BCUT2D eigenvalue weighted by molar-refractivity contribution is 6.29. The van der Waals surface area contributed by atoms with Crippen molar-refractivity contribution in [3.63, 3.8) is 0 Å². The van der Waals surface area contributed by atoms with Crippen LogP contribution in [0.25, 0.3) is 33.2 Å². The van der Waals surface area contributed by atoms with E-state index in [-0.39, 0.29) is 17.2 Å². The van der Waals surface area contributed by atoms with Gasteiger partial charge in [-0.25, -0.2) is 0 Å². The van der Waals surface area contributed by atoms with Gasteiger partial charge < -0.3 is 19.4 Å². The molecule has 1 aliphatic heterocycles. The summed E-state index contributed by atoms with van der Waals surface area (Å²) < 4.78 is 11.7. The maximum atomic E-state index is 12.9. The Morgan fingerprint density at radius 1 is 0.917 bits per heavy atom. The molecule has 0 bridgehead atoms. The number of carbonyl (C=O) groups is 1. The van der Waals surface area contributed by atoms with Crippen LogP contribution in [0.5, 0.6) is 0 Å². The molecule has 186 valence electrons. The number of hydrogen-bond donors (Lipinski definition) is 1. The van der Waals surface area contributed by atoms with Gasteiger partial charge in [-0.2, -0.15) is 0 Å². The number of halogens is 1. The number of alkyl halides is 1. The highest BCUT2D eigenvalue weighted by atomic mass is 35.5. The molecule has 0 radical (unpaired) electrons. The number of benzene rings is 3. The molecule has 0 unspecified atom stereocenters. The van der Waals surface area contributed by atoms with Crippen LogP contribution in [0.4, 0.5) is 11.6 Å². The van der Waals surface area contributed by atoms with Crippen LogP contribution in [0.3, 0.4) is 0 Å². The zero-order chi connectivity index (χ0) is 25.5. The second-order valence-corrected chi connectivity index (χ2v) is 8.31. The molecule has 1 amide bonds. The first-order valence-corrected chi connectivity index (χ1v) is 12.6. The largest absolute Gasteiger partial charge is 0.440 e. The van der Waals surface area contributed by atoms with Crippen LogP contribution in [-0.2, 0) is 9.53 Å². The van der Waals surface area contributed by atoms with E-state index in [2.05, 4.69) is 5.32 Å². The molecule has 7 heteroatoms. The Bertz CT molecular complexity index is 1400. The lowest BCUT2D eigenvalue weighted by atomic mass is 9.96. The molecule has 1 aliphatic rings. The van der Waals surface area contributed by atoms with Crippen LogP contribution < -0.4 is 15.6 Å². The molecule has 3 aromatic carbocycles. The van der Waals surface area contributed by atoms with E-state index in [0.29, 0.717) is 48.8 Å². The van der Waals surface area contributed by atoms with Crippen molar-refractivity contribution < 1.29 is 13.9 Å². The van der Waals surface area contributed by atoms with E-state index < -0.39 is 0 Å². The number of ether oxygens (including phenoxy) is 1. The molecule has 2 heterocycles. The third-order valence-electron chi connectivity index (χ3n) is 5.88. The van der Waals surface area contributed by atoms with Crippen molar-refractivity contribution in [3.05, 3.63) is 83.0 Å². The Labute approximate surface area is 215 Å². The van der Waals surface area contributed by atoms with Crippen molar-refractivity contribution in [2.24, 2.45) is 0 Å². The highest BCUT2D eigenvalue weighted by Gasteiger charge is 2.18. The average molecular weight is 505 g/mol. The average Bonchev–Trinajstić information content (AvgIpc) is 2.95. The molecule has 36 heavy (non-hydrogen) atoms. The van der Waals surface area contributed by atoms with Gasteiger partial charge in [0.1, 0.15) is 11.5 Å². The van der Waals surface area contributed by atoms with Gasteiger partial charge in [-0.3, -0.25) is 9.59 Å². The van der Waals surface area contributed by atoms with E-state index in [1.165, 1.54) is 0 Å². The van der Waals surface area contributed by atoms with Crippen LogP contribution in [0.15, 0.2) is 82.0 Å². The lowest BCUT2D eigenvalue weighted by molar-refractivity contribution is -0.113. The van der Waals surface area contributed by atoms with E-state index >= 15 is 0 Å². The number of nitrogens with one attached hydrogen (secondary N) is 1. The molecule has 1 N–H and O–H groups in total. The molecular formula is C29H29ClN2O4. The molecule has 5 rings (SSSR count). The van der Waals surface area contributed by atoms with Gasteiger partial charge >= 0.3 is 0 Å². The number of rotatable bonds is 5. The molecule has 1 saturated heterocycles.